The lowest BCUT2D eigenvalue weighted by Crippen LogP contribution is -2.54. The first kappa shape index (κ1) is 20.8. The van der Waals surface area contributed by atoms with Crippen molar-refractivity contribution in [3.8, 4) is 0 Å². The summed E-state index contributed by atoms with van der Waals surface area (Å²) in [7, 11) is -5.05. The van der Waals surface area contributed by atoms with Gasteiger partial charge >= 0.3 is 12.4 Å². The number of rotatable bonds is 4. The lowest BCUT2D eigenvalue weighted by Gasteiger charge is -2.29. The number of hydrogen-bond acceptors (Lipinski definition) is 2. The molecule has 1 N–H and O–H groups in total. The molecular formula is C14H17F6NO2S. The maximum absolute atomic E-state index is 13.2. The van der Waals surface area contributed by atoms with E-state index in [2.05, 4.69) is 0 Å². The van der Waals surface area contributed by atoms with Gasteiger partial charge in [-0.15, -0.1) is 0 Å². The molecule has 0 aliphatic rings. The van der Waals surface area contributed by atoms with E-state index in [0.29, 0.717) is 26.0 Å². The molecule has 0 bridgehead atoms. The Morgan fingerprint density at radius 3 is 1.88 bits per heavy atom. The van der Waals surface area contributed by atoms with Gasteiger partial charge in [-0.05, 0) is 37.5 Å². The van der Waals surface area contributed by atoms with Crippen LogP contribution >= 0.6 is 0 Å². The lowest BCUT2D eigenvalue weighted by molar-refractivity contribution is -0.180. The molecule has 1 rings (SSSR count). The van der Waals surface area contributed by atoms with Crippen LogP contribution in [0.2, 0.25) is 0 Å². The smallest absolute Gasteiger partial charge is 0.207 e. The third-order valence-corrected chi connectivity index (χ3v) is 5.08. The Labute approximate surface area is 136 Å². The van der Waals surface area contributed by atoms with Gasteiger partial charge in [0.1, 0.15) is 5.54 Å². The first-order valence-electron chi connectivity index (χ1n) is 6.81. The molecule has 0 aliphatic carbocycles. The predicted molar refractivity (Wildman–Crippen MR) is 76.0 cm³/mol. The van der Waals surface area contributed by atoms with Crippen molar-refractivity contribution < 1.29 is 34.8 Å². The largest absolute Gasteiger partial charge is 0.417 e. The van der Waals surface area contributed by atoms with E-state index >= 15 is 0 Å². The van der Waals surface area contributed by atoms with Crippen molar-refractivity contribution >= 4 is 10.0 Å². The van der Waals surface area contributed by atoms with Crippen LogP contribution in [-0.4, -0.2) is 20.1 Å². The molecule has 0 aliphatic heterocycles. The zero-order chi connectivity index (χ0) is 19.1. The number of alkyl halides is 6. The molecule has 138 valence electrons. The molecule has 0 radical (unpaired) electrons. The highest BCUT2D eigenvalue weighted by molar-refractivity contribution is 7.89. The van der Waals surface area contributed by atoms with Crippen LogP contribution in [0.15, 0.2) is 23.1 Å². The highest BCUT2D eigenvalue weighted by Gasteiger charge is 2.50. The highest BCUT2D eigenvalue weighted by Crippen LogP contribution is 2.37. The van der Waals surface area contributed by atoms with Crippen molar-refractivity contribution in [3.05, 3.63) is 29.3 Å². The van der Waals surface area contributed by atoms with Crippen LogP contribution in [0, 0.1) is 0 Å². The van der Waals surface area contributed by atoms with E-state index < -0.39 is 38.4 Å². The Hall–Kier alpha value is -1.29. The summed E-state index contributed by atoms with van der Waals surface area (Å²) in [5, 5.41) is 0. The fourth-order valence-electron chi connectivity index (χ4n) is 1.81. The van der Waals surface area contributed by atoms with Crippen LogP contribution in [0.1, 0.15) is 44.7 Å². The van der Waals surface area contributed by atoms with Gasteiger partial charge in [-0.2, -0.15) is 31.1 Å². The minimum absolute atomic E-state index is 0.219. The standard InChI is InChI=1S/C14H17F6NO2S/c1-8(2)9-5-6-11(10(7-9)13(15,16)17)24(22,23)21-12(3,4)14(18,19)20/h5-8,21H,1-4H3. The van der Waals surface area contributed by atoms with Crippen LogP contribution < -0.4 is 4.72 Å². The van der Waals surface area contributed by atoms with Gasteiger partial charge < -0.3 is 0 Å². The Bertz CT molecular complexity index is 705. The molecule has 0 saturated heterocycles. The Morgan fingerprint density at radius 2 is 1.50 bits per heavy atom. The maximum Gasteiger partial charge on any atom is 0.417 e. The molecule has 0 aromatic heterocycles. The summed E-state index contributed by atoms with van der Waals surface area (Å²) in [5.41, 5.74) is -4.21. The summed E-state index contributed by atoms with van der Waals surface area (Å²) in [6, 6.07) is 2.46. The molecule has 10 heteroatoms. The third kappa shape index (κ3) is 4.41. The third-order valence-electron chi connectivity index (χ3n) is 3.36. The number of halogens is 6. The average molecular weight is 377 g/mol. The van der Waals surface area contributed by atoms with Crippen molar-refractivity contribution in [2.75, 3.05) is 0 Å². The first-order valence-corrected chi connectivity index (χ1v) is 8.29. The van der Waals surface area contributed by atoms with Gasteiger partial charge in [-0.25, -0.2) is 8.42 Å². The summed E-state index contributed by atoms with van der Waals surface area (Å²) in [6.07, 6.45) is -10.0. The number of nitrogens with one attached hydrogen (secondary N) is 1. The molecule has 0 spiro atoms. The van der Waals surface area contributed by atoms with E-state index in [1.807, 2.05) is 0 Å². The van der Waals surface area contributed by atoms with Crippen molar-refractivity contribution in [3.63, 3.8) is 0 Å². The van der Waals surface area contributed by atoms with E-state index in [4.69, 9.17) is 0 Å². The van der Waals surface area contributed by atoms with E-state index in [9.17, 15) is 34.8 Å². The van der Waals surface area contributed by atoms with Crippen LogP contribution in [0.3, 0.4) is 0 Å². The van der Waals surface area contributed by atoms with Gasteiger partial charge in [-0.1, -0.05) is 19.9 Å². The second-order valence-electron chi connectivity index (χ2n) is 6.14. The van der Waals surface area contributed by atoms with Crippen molar-refractivity contribution in [2.45, 2.75) is 56.4 Å². The molecule has 1 aromatic rings. The number of sulfonamides is 1. The SMILES string of the molecule is CC(C)c1ccc(S(=O)(=O)NC(C)(C)C(F)(F)F)c(C(F)(F)F)c1. The van der Waals surface area contributed by atoms with Crippen LogP contribution in [-0.2, 0) is 16.2 Å². The molecule has 0 saturated carbocycles. The van der Waals surface area contributed by atoms with Gasteiger partial charge in [0.15, 0.2) is 0 Å². The molecule has 24 heavy (non-hydrogen) atoms. The number of benzene rings is 1. The monoisotopic (exact) mass is 377 g/mol. The van der Waals surface area contributed by atoms with Crippen LogP contribution in [0.4, 0.5) is 26.3 Å². The summed E-state index contributed by atoms with van der Waals surface area (Å²) >= 11 is 0. The molecule has 0 heterocycles. The Kier molecular flexibility index (Phi) is 5.37. The predicted octanol–water partition coefficient (Wildman–Crippen LogP) is 4.45. The summed E-state index contributed by atoms with van der Waals surface area (Å²) in [5.74, 6) is -0.317. The fourth-order valence-corrected chi connectivity index (χ4v) is 3.42. The Morgan fingerprint density at radius 1 is 1.00 bits per heavy atom. The highest BCUT2D eigenvalue weighted by atomic mass is 32.2. The van der Waals surface area contributed by atoms with Gasteiger partial charge in [-0.3, -0.25) is 0 Å². The van der Waals surface area contributed by atoms with E-state index in [1.165, 1.54) is 4.72 Å². The van der Waals surface area contributed by atoms with Crippen LogP contribution in [0.25, 0.3) is 0 Å². The van der Waals surface area contributed by atoms with Gasteiger partial charge in [0.2, 0.25) is 10.0 Å². The van der Waals surface area contributed by atoms with Crippen molar-refractivity contribution in [1.82, 2.24) is 4.72 Å². The summed E-state index contributed by atoms with van der Waals surface area (Å²) in [6.45, 7) is 4.27. The molecule has 3 nitrogen and oxygen atoms in total. The van der Waals surface area contributed by atoms with Crippen LogP contribution in [0.5, 0.6) is 0 Å². The molecule has 0 unspecified atom stereocenters. The van der Waals surface area contributed by atoms with Gasteiger partial charge in [0.25, 0.3) is 0 Å². The van der Waals surface area contributed by atoms with E-state index in [0.717, 1.165) is 6.07 Å². The molecule has 1 aromatic carbocycles. The second-order valence-corrected chi connectivity index (χ2v) is 7.79. The fraction of sp³-hybridized carbons (Fsp3) is 0.571. The quantitative estimate of drug-likeness (QED) is 0.788. The topological polar surface area (TPSA) is 46.2 Å². The van der Waals surface area contributed by atoms with E-state index in [-0.39, 0.29) is 11.5 Å². The summed E-state index contributed by atoms with van der Waals surface area (Å²) < 4.78 is 104. The average Bonchev–Trinajstić information content (AvgIpc) is 2.34. The first-order chi connectivity index (χ1) is 10.5. The molecule has 0 amide bonds. The normalized spacial score (nSPS) is 14.3. The van der Waals surface area contributed by atoms with Crippen molar-refractivity contribution in [2.24, 2.45) is 0 Å². The lowest BCUT2D eigenvalue weighted by atomic mass is 10.0. The molecule has 0 fully saturated rings. The van der Waals surface area contributed by atoms with E-state index in [1.54, 1.807) is 13.8 Å². The zero-order valence-corrected chi connectivity index (χ0v) is 14.1. The van der Waals surface area contributed by atoms with Gasteiger partial charge in [0, 0.05) is 0 Å². The number of hydrogen-bond donors (Lipinski definition) is 1. The molecule has 0 atom stereocenters. The second kappa shape index (κ2) is 6.21. The maximum atomic E-state index is 13.2. The van der Waals surface area contributed by atoms with Gasteiger partial charge in [0.05, 0.1) is 10.5 Å². The molecular weight excluding hydrogens is 360 g/mol. The summed E-state index contributed by atoms with van der Waals surface area (Å²) in [4.78, 5) is -1.24. The Balaban J connectivity index is 3.50. The minimum atomic E-state index is -5.05. The minimum Gasteiger partial charge on any atom is -0.207 e. The van der Waals surface area contributed by atoms with Crippen molar-refractivity contribution in [1.29, 1.82) is 0 Å². The zero-order valence-electron chi connectivity index (χ0n) is 13.3.